The standard InChI is InChI=1S/C18H28N2O6S2/c1-3-4-5-14-27(22,23)15-18(21)19-10-12-20(13-11-19)28(24,25)17-8-6-16(26-2)7-9-17/h6-9H,3-5,10-15H2,1-2H3. The maximum Gasteiger partial charge on any atom is 0.243 e. The van der Waals surface area contributed by atoms with Gasteiger partial charge in [0.05, 0.1) is 17.8 Å². The molecule has 0 atom stereocenters. The monoisotopic (exact) mass is 432 g/mol. The van der Waals surface area contributed by atoms with Gasteiger partial charge in [-0.25, -0.2) is 16.8 Å². The van der Waals surface area contributed by atoms with Crippen LogP contribution >= 0.6 is 0 Å². The summed E-state index contributed by atoms with van der Waals surface area (Å²) in [4.78, 5) is 13.9. The van der Waals surface area contributed by atoms with E-state index in [1.54, 1.807) is 12.1 Å². The first-order valence-electron chi connectivity index (χ1n) is 9.32. The van der Waals surface area contributed by atoms with Crippen molar-refractivity contribution in [2.24, 2.45) is 0 Å². The lowest BCUT2D eigenvalue weighted by Gasteiger charge is -2.34. The quantitative estimate of drug-likeness (QED) is 0.542. The van der Waals surface area contributed by atoms with Gasteiger partial charge in [-0.2, -0.15) is 4.31 Å². The van der Waals surface area contributed by atoms with Crippen LogP contribution < -0.4 is 4.74 Å². The fraction of sp³-hybridized carbons (Fsp3) is 0.611. The van der Waals surface area contributed by atoms with Crippen molar-refractivity contribution in [2.75, 3.05) is 44.8 Å². The molecule has 8 nitrogen and oxygen atoms in total. The Morgan fingerprint density at radius 1 is 1.00 bits per heavy atom. The van der Waals surface area contributed by atoms with Crippen LogP contribution in [0.1, 0.15) is 26.2 Å². The van der Waals surface area contributed by atoms with Crippen molar-refractivity contribution < 1.29 is 26.4 Å². The molecule has 1 fully saturated rings. The molecular formula is C18H28N2O6S2. The minimum atomic E-state index is -3.66. The average Bonchev–Trinajstić information content (AvgIpc) is 2.68. The highest BCUT2D eigenvalue weighted by Crippen LogP contribution is 2.20. The second kappa shape index (κ2) is 9.71. The van der Waals surface area contributed by atoms with E-state index in [4.69, 9.17) is 4.74 Å². The molecule has 0 aromatic heterocycles. The number of unbranched alkanes of at least 4 members (excludes halogenated alkanes) is 2. The zero-order valence-electron chi connectivity index (χ0n) is 16.3. The third-order valence-electron chi connectivity index (χ3n) is 4.69. The van der Waals surface area contributed by atoms with Crippen molar-refractivity contribution >= 4 is 25.8 Å². The second-order valence-corrected chi connectivity index (χ2v) is 10.9. The Morgan fingerprint density at radius 3 is 2.14 bits per heavy atom. The van der Waals surface area contributed by atoms with Gasteiger partial charge in [0.15, 0.2) is 9.84 Å². The van der Waals surface area contributed by atoms with Crippen molar-refractivity contribution in [3.05, 3.63) is 24.3 Å². The van der Waals surface area contributed by atoms with Crippen LogP contribution in [0.5, 0.6) is 5.75 Å². The van der Waals surface area contributed by atoms with Crippen LogP contribution in [0, 0.1) is 0 Å². The van der Waals surface area contributed by atoms with E-state index in [1.807, 2.05) is 6.92 Å². The van der Waals surface area contributed by atoms with Gasteiger partial charge in [0.2, 0.25) is 15.9 Å². The Bertz CT molecular complexity index is 858. The van der Waals surface area contributed by atoms with Crippen LogP contribution in [0.3, 0.4) is 0 Å². The molecule has 1 aliphatic heterocycles. The predicted molar refractivity (Wildman–Crippen MR) is 107 cm³/mol. The number of benzene rings is 1. The molecule has 0 saturated carbocycles. The lowest BCUT2D eigenvalue weighted by Crippen LogP contribution is -2.51. The average molecular weight is 433 g/mol. The van der Waals surface area contributed by atoms with Crippen LogP contribution in [0.25, 0.3) is 0 Å². The molecule has 0 N–H and O–H groups in total. The Labute approximate surface area is 167 Å². The summed E-state index contributed by atoms with van der Waals surface area (Å²) in [5.41, 5.74) is 0. The molecule has 158 valence electrons. The van der Waals surface area contributed by atoms with E-state index in [0.29, 0.717) is 12.2 Å². The summed E-state index contributed by atoms with van der Waals surface area (Å²) in [7, 11) is -5.59. The minimum Gasteiger partial charge on any atom is -0.497 e. The molecule has 0 aliphatic carbocycles. The third kappa shape index (κ3) is 5.92. The van der Waals surface area contributed by atoms with Gasteiger partial charge in [0.25, 0.3) is 0 Å². The Kier molecular flexibility index (Phi) is 7.85. The molecule has 1 saturated heterocycles. The van der Waals surface area contributed by atoms with Gasteiger partial charge in [0, 0.05) is 26.2 Å². The van der Waals surface area contributed by atoms with Gasteiger partial charge in [-0.15, -0.1) is 0 Å². The Morgan fingerprint density at radius 2 is 1.61 bits per heavy atom. The van der Waals surface area contributed by atoms with Crippen molar-refractivity contribution in [1.29, 1.82) is 0 Å². The molecule has 0 bridgehead atoms. The molecule has 2 rings (SSSR count). The molecule has 10 heteroatoms. The van der Waals surface area contributed by atoms with E-state index < -0.39 is 31.5 Å². The summed E-state index contributed by atoms with van der Waals surface area (Å²) >= 11 is 0. The van der Waals surface area contributed by atoms with Crippen LogP contribution in [0.4, 0.5) is 0 Å². The van der Waals surface area contributed by atoms with E-state index >= 15 is 0 Å². The van der Waals surface area contributed by atoms with E-state index in [1.165, 1.54) is 28.4 Å². The Hall–Kier alpha value is -1.65. The zero-order valence-corrected chi connectivity index (χ0v) is 18.0. The SMILES string of the molecule is CCCCCS(=O)(=O)CC(=O)N1CCN(S(=O)(=O)c2ccc(OC)cc2)CC1. The molecule has 0 spiro atoms. The summed E-state index contributed by atoms with van der Waals surface area (Å²) in [5.74, 6) is -0.395. The molecule has 1 heterocycles. The van der Waals surface area contributed by atoms with Gasteiger partial charge in [-0.1, -0.05) is 19.8 Å². The molecule has 0 radical (unpaired) electrons. The maximum absolute atomic E-state index is 12.7. The number of piperazine rings is 1. The van der Waals surface area contributed by atoms with E-state index in [0.717, 1.165) is 12.8 Å². The van der Waals surface area contributed by atoms with Crippen LogP contribution in [-0.4, -0.2) is 76.7 Å². The highest BCUT2D eigenvalue weighted by atomic mass is 32.2. The number of nitrogens with zero attached hydrogens (tertiary/aromatic N) is 2. The van der Waals surface area contributed by atoms with Gasteiger partial charge in [0.1, 0.15) is 11.5 Å². The topological polar surface area (TPSA) is 101 Å². The molecule has 1 aromatic carbocycles. The van der Waals surface area contributed by atoms with Crippen LogP contribution in [0.15, 0.2) is 29.2 Å². The number of carbonyl (C=O) groups excluding carboxylic acids is 1. The first kappa shape index (κ1) is 22.6. The Balaban J connectivity index is 1.93. The molecule has 1 amide bonds. The van der Waals surface area contributed by atoms with Crippen LogP contribution in [-0.2, 0) is 24.7 Å². The fourth-order valence-electron chi connectivity index (χ4n) is 3.00. The fourth-order valence-corrected chi connectivity index (χ4v) is 5.77. The first-order chi connectivity index (χ1) is 13.2. The highest BCUT2D eigenvalue weighted by Gasteiger charge is 2.31. The van der Waals surface area contributed by atoms with E-state index in [9.17, 15) is 21.6 Å². The number of hydrogen-bond donors (Lipinski definition) is 0. The van der Waals surface area contributed by atoms with E-state index in [-0.39, 0.29) is 36.8 Å². The van der Waals surface area contributed by atoms with Crippen LogP contribution in [0.2, 0.25) is 0 Å². The number of ether oxygens (including phenoxy) is 1. The van der Waals surface area contributed by atoms with Crippen molar-refractivity contribution in [3.63, 3.8) is 0 Å². The molecular weight excluding hydrogens is 404 g/mol. The number of methoxy groups -OCH3 is 1. The largest absolute Gasteiger partial charge is 0.497 e. The third-order valence-corrected chi connectivity index (χ3v) is 8.20. The normalized spacial score (nSPS) is 16.1. The van der Waals surface area contributed by atoms with Crippen molar-refractivity contribution in [1.82, 2.24) is 9.21 Å². The molecule has 28 heavy (non-hydrogen) atoms. The minimum absolute atomic E-state index is 0.0123. The second-order valence-electron chi connectivity index (χ2n) is 6.76. The lowest BCUT2D eigenvalue weighted by atomic mass is 10.3. The maximum atomic E-state index is 12.7. The number of sulfonamides is 1. The lowest BCUT2D eigenvalue weighted by molar-refractivity contribution is -0.129. The van der Waals surface area contributed by atoms with Gasteiger partial charge >= 0.3 is 0 Å². The number of sulfone groups is 1. The first-order valence-corrected chi connectivity index (χ1v) is 12.6. The summed E-state index contributed by atoms with van der Waals surface area (Å²) in [6, 6.07) is 6.12. The van der Waals surface area contributed by atoms with Crippen molar-refractivity contribution in [2.45, 2.75) is 31.1 Å². The molecule has 1 aliphatic rings. The van der Waals surface area contributed by atoms with Crippen molar-refractivity contribution in [3.8, 4) is 5.75 Å². The number of hydrogen-bond acceptors (Lipinski definition) is 6. The molecule has 0 unspecified atom stereocenters. The van der Waals surface area contributed by atoms with Gasteiger partial charge in [-0.3, -0.25) is 4.79 Å². The smallest absolute Gasteiger partial charge is 0.243 e. The van der Waals surface area contributed by atoms with Gasteiger partial charge < -0.3 is 9.64 Å². The number of amides is 1. The molecule has 1 aromatic rings. The highest BCUT2D eigenvalue weighted by molar-refractivity contribution is 7.92. The summed E-state index contributed by atoms with van der Waals surface area (Å²) < 4.78 is 55.9. The zero-order chi connectivity index (χ0) is 20.8. The number of carbonyl (C=O) groups is 1. The predicted octanol–water partition coefficient (Wildman–Crippen LogP) is 1.13. The number of rotatable bonds is 9. The summed E-state index contributed by atoms with van der Waals surface area (Å²) in [6.45, 7) is 2.61. The summed E-state index contributed by atoms with van der Waals surface area (Å²) in [5, 5.41) is 0. The van der Waals surface area contributed by atoms with E-state index in [2.05, 4.69) is 0 Å². The summed E-state index contributed by atoms with van der Waals surface area (Å²) in [6.07, 6.45) is 2.28. The van der Waals surface area contributed by atoms with Gasteiger partial charge in [-0.05, 0) is 30.7 Å².